The molecule has 1 unspecified atom stereocenters. The van der Waals surface area contributed by atoms with Crippen LogP contribution in [0.5, 0.6) is 0 Å². The number of aliphatic hydroxyl groups is 1. The number of aromatic nitrogens is 1. The summed E-state index contributed by atoms with van der Waals surface area (Å²) < 4.78 is 0. The Kier molecular flexibility index (Phi) is 5.02. The standard InChI is InChI=1S/C15H25N3O/c1-12(13-5-3-4-6-13)17-15-8-7-14(11-16-15)18(2)9-10-19/h7-8,11-13,19H,3-6,9-10H2,1-2H3,(H,16,17). The fourth-order valence-corrected chi connectivity index (χ4v) is 2.78. The van der Waals surface area contributed by atoms with Crippen LogP contribution in [-0.4, -0.2) is 36.3 Å². The van der Waals surface area contributed by atoms with E-state index in [2.05, 4.69) is 17.2 Å². The Morgan fingerprint density at radius 1 is 1.42 bits per heavy atom. The van der Waals surface area contributed by atoms with Crippen molar-refractivity contribution >= 4 is 11.5 Å². The van der Waals surface area contributed by atoms with Gasteiger partial charge in [-0.1, -0.05) is 12.8 Å². The van der Waals surface area contributed by atoms with Gasteiger partial charge in [-0.2, -0.15) is 0 Å². The molecule has 1 fully saturated rings. The Morgan fingerprint density at radius 3 is 2.74 bits per heavy atom. The molecule has 1 aliphatic carbocycles. The third-order valence-corrected chi connectivity index (χ3v) is 4.11. The van der Waals surface area contributed by atoms with Crippen molar-refractivity contribution in [3.8, 4) is 0 Å². The van der Waals surface area contributed by atoms with Gasteiger partial charge in [0.15, 0.2) is 0 Å². The maximum Gasteiger partial charge on any atom is 0.126 e. The lowest BCUT2D eigenvalue weighted by atomic mass is 10.00. The van der Waals surface area contributed by atoms with E-state index in [1.807, 2.05) is 30.3 Å². The Bertz CT molecular complexity index is 373. The molecule has 1 saturated carbocycles. The first-order chi connectivity index (χ1) is 9.20. The highest BCUT2D eigenvalue weighted by Gasteiger charge is 2.21. The lowest BCUT2D eigenvalue weighted by molar-refractivity contribution is 0.304. The topological polar surface area (TPSA) is 48.4 Å². The minimum Gasteiger partial charge on any atom is -0.395 e. The molecule has 1 aliphatic rings. The zero-order valence-corrected chi connectivity index (χ0v) is 12.0. The normalized spacial score (nSPS) is 17.4. The fourth-order valence-electron chi connectivity index (χ4n) is 2.78. The van der Waals surface area contributed by atoms with Crippen molar-refractivity contribution in [1.82, 2.24) is 4.98 Å². The van der Waals surface area contributed by atoms with E-state index >= 15 is 0 Å². The molecule has 106 valence electrons. The van der Waals surface area contributed by atoms with Crippen molar-refractivity contribution in [1.29, 1.82) is 0 Å². The van der Waals surface area contributed by atoms with Gasteiger partial charge >= 0.3 is 0 Å². The molecule has 0 spiro atoms. The Hall–Kier alpha value is -1.29. The molecule has 19 heavy (non-hydrogen) atoms. The van der Waals surface area contributed by atoms with Gasteiger partial charge in [0.2, 0.25) is 0 Å². The molecule has 4 nitrogen and oxygen atoms in total. The van der Waals surface area contributed by atoms with E-state index in [1.165, 1.54) is 25.7 Å². The van der Waals surface area contributed by atoms with E-state index < -0.39 is 0 Å². The van der Waals surface area contributed by atoms with E-state index in [4.69, 9.17) is 5.11 Å². The summed E-state index contributed by atoms with van der Waals surface area (Å²) in [5.74, 6) is 1.74. The van der Waals surface area contributed by atoms with Gasteiger partial charge in [0.1, 0.15) is 5.82 Å². The molecule has 0 radical (unpaired) electrons. The largest absolute Gasteiger partial charge is 0.395 e. The van der Waals surface area contributed by atoms with Crippen molar-refractivity contribution in [3.63, 3.8) is 0 Å². The van der Waals surface area contributed by atoms with Gasteiger partial charge in [-0.15, -0.1) is 0 Å². The summed E-state index contributed by atoms with van der Waals surface area (Å²) in [5.41, 5.74) is 1.04. The highest BCUT2D eigenvalue weighted by Crippen LogP contribution is 2.29. The van der Waals surface area contributed by atoms with Crippen molar-refractivity contribution in [2.24, 2.45) is 5.92 Å². The molecule has 1 aromatic rings. The predicted molar refractivity (Wildman–Crippen MR) is 79.6 cm³/mol. The van der Waals surface area contributed by atoms with E-state index in [-0.39, 0.29) is 6.61 Å². The molecule has 0 aromatic carbocycles. The van der Waals surface area contributed by atoms with Gasteiger partial charge in [0.25, 0.3) is 0 Å². The number of hydrogen-bond donors (Lipinski definition) is 2. The number of nitrogens with one attached hydrogen (secondary N) is 1. The summed E-state index contributed by atoms with van der Waals surface area (Å²) in [6.07, 6.45) is 7.28. The lowest BCUT2D eigenvalue weighted by Gasteiger charge is -2.22. The molecule has 1 heterocycles. The van der Waals surface area contributed by atoms with Crippen LogP contribution >= 0.6 is 0 Å². The van der Waals surface area contributed by atoms with Gasteiger partial charge in [0.05, 0.1) is 18.5 Å². The van der Waals surface area contributed by atoms with Crippen LogP contribution in [0.3, 0.4) is 0 Å². The molecule has 1 atom stereocenters. The van der Waals surface area contributed by atoms with Crippen LogP contribution < -0.4 is 10.2 Å². The average molecular weight is 263 g/mol. The quantitative estimate of drug-likeness (QED) is 0.828. The first-order valence-electron chi connectivity index (χ1n) is 7.25. The van der Waals surface area contributed by atoms with Gasteiger partial charge in [0, 0.05) is 19.6 Å². The summed E-state index contributed by atoms with van der Waals surface area (Å²) in [5, 5.41) is 12.4. The highest BCUT2D eigenvalue weighted by molar-refractivity contribution is 5.49. The van der Waals surface area contributed by atoms with Crippen molar-refractivity contribution in [3.05, 3.63) is 18.3 Å². The molecule has 0 aliphatic heterocycles. The second-order valence-electron chi connectivity index (χ2n) is 5.52. The minimum atomic E-state index is 0.162. The first-order valence-corrected chi connectivity index (χ1v) is 7.25. The van der Waals surface area contributed by atoms with E-state index in [0.717, 1.165) is 17.4 Å². The molecule has 2 N–H and O–H groups in total. The third kappa shape index (κ3) is 3.83. The maximum atomic E-state index is 8.92. The molecule has 0 saturated heterocycles. The van der Waals surface area contributed by atoms with Crippen LogP contribution in [0.2, 0.25) is 0 Å². The predicted octanol–water partition coefficient (Wildman–Crippen LogP) is 2.50. The zero-order valence-electron chi connectivity index (χ0n) is 12.0. The smallest absolute Gasteiger partial charge is 0.126 e. The Labute approximate surface area is 115 Å². The highest BCUT2D eigenvalue weighted by atomic mass is 16.3. The van der Waals surface area contributed by atoms with Crippen molar-refractivity contribution < 1.29 is 5.11 Å². The average Bonchev–Trinajstić information content (AvgIpc) is 2.94. The molecular formula is C15H25N3O. The first kappa shape index (κ1) is 14.1. The van der Waals surface area contributed by atoms with E-state index in [9.17, 15) is 0 Å². The van der Waals surface area contributed by atoms with Crippen molar-refractivity contribution in [2.45, 2.75) is 38.6 Å². The number of anilines is 2. The molecule has 4 heteroatoms. The molecule has 0 amide bonds. The van der Waals surface area contributed by atoms with Gasteiger partial charge in [-0.3, -0.25) is 0 Å². The van der Waals surface area contributed by atoms with Crippen LogP contribution in [0.25, 0.3) is 0 Å². The molecule has 2 rings (SSSR count). The second-order valence-corrected chi connectivity index (χ2v) is 5.52. The third-order valence-electron chi connectivity index (χ3n) is 4.11. The minimum absolute atomic E-state index is 0.162. The number of aliphatic hydroxyl groups excluding tert-OH is 1. The zero-order chi connectivity index (χ0) is 13.7. The van der Waals surface area contributed by atoms with Gasteiger partial charge in [-0.25, -0.2) is 4.98 Å². The summed E-state index contributed by atoms with van der Waals surface area (Å²) in [6, 6.07) is 4.57. The number of rotatable bonds is 6. The summed E-state index contributed by atoms with van der Waals surface area (Å²) in [6.45, 7) is 3.05. The second kappa shape index (κ2) is 6.75. The number of nitrogens with zero attached hydrogens (tertiary/aromatic N) is 2. The van der Waals surface area contributed by atoms with Crippen LogP contribution in [0, 0.1) is 5.92 Å². The Balaban J connectivity index is 1.90. The maximum absolute atomic E-state index is 8.92. The van der Waals surface area contributed by atoms with Crippen LogP contribution in [0.1, 0.15) is 32.6 Å². The van der Waals surface area contributed by atoms with Crippen LogP contribution in [0.15, 0.2) is 18.3 Å². The van der Waals surface area contributed by atoms with Crippen LogP contribution in [-0.2, 0) is 0 Å². The van der Waals surface area contributed by atoms with Gasteiger partial charge < -0.3 is 15.3 Å². The van der Waals surface area contributed by atoms with Crippen LogP contribution in [0.4, 0.5) is 11.5 Å². The molecule has 0 bridgehead atoms. The summed E-state index contributed by atoms with van der Waals surface area (Å²) in [7, 11) is 1.96. The van der Waals surface area contributed by atoms with E-state index in [1.54, 1.807) is 0 Å². The van der Waals surface area contributed by atoms with E-state index in [0.29, 0.717) is 12.6 Å². The summed E-state index contributed by atoms with van der Waals surface area (Å²) in [4.78, 5) is 6.46. The van der Waals surface area contributed by atoms with Gasteiger partial charge in [-0.05, 0) is 37.8 Å². The van der Waals surface area contributed by atoms with Crippen molar-refractivity contribution in [2.75, 3.05) is 30.4 Å². The molecular weight excluding hydrogens is 238 g/mol. The number of hydrogen-bond acceptors (Lipinski definition) is 4. The molecule has 1 aromatic heterocycles. The summed E-state index contributed by atoms with van der Waals surface area (Å²) >= 11 is 0. The number of likely N-dealkylation sites (N-methyl/N-ethyl adjacent to an activating group) is 1. The fraction of sp³-hybridized carbons (Fsp3) is 0.667. The lowest BCUT2D eigenvalue weighted by Crippen LogP contribution is -2.24. The SMILES string of the molecule is CC(Nc1ccc(N(C)CCO)cn1)C1CCCC1. The Morgan fingerprint density at radius 2 is 2.16 bits per heavy atom. The number of pyridine rings is 1. The monoisotopic (exact) mass is 263 g/mol.